The largest absolute Gasteiger partial charge is 0.369 e. The van der Waals surface area contributed by atoms with Gasteiger partial charge in [-0.25, -0.2) is 9.97 Å². The fourth-order valence-electron chi connectivity index (χ4n) is 2.55. The first-order valence-corrected chi connectivity index (χ1v) is 7.62. The maximum atomic E-state index is 9.05. The van der Waals surface area contributed by atoms with Crippen molar-refractivity contribution in [2.75, 3.05) is 11.9 Å². The Morgan fingerprint density at radius 2 is 1.91 bits per heavy atom. The Labute approximate surface area is 135 Å². The molecule has 2 aromatic carbocycles. The minimum Gasteiger partial charge on any atom is -0.369 e. The molecule has 0 aliphatic carbocycles. The number of nitrogens with zero attached hydrogens (tertiary/aromatic N) is 3. The summed E-state index contributed by atoms with van der Waals surface area (Å²) in [4.78, 5) is 8.56. The molecule has 1 N–H and O–H groups in total. The van der Waals surface area contributed by atoms with E-state index in [9.17, 15) is 0 Å². The summed E-state index contributed by atoms with van der Waals surface area (Å²) < 4.78 is 0. The Balaban J connectivity index is 1.76. The van der Waals surface area contributed by atoms with Gasteiger partial charge in [-0.2, -0.15) is 5.26 Å². The average Bonchev–Trinajstić information content (AvgIpc) is 2.58. The van der Waals surface area contributed by atoms with Crippen LogP contribution in [0.2, 0.25) is 0 Å². The first-order valence-electron chi connectivity index (χ1n) is 7.62. The van der Waals surface area contributed by atoms with Gasteiger partial charge in [0.2, 0.25) is 0 Å². The van der Waals surface area contributed by atoms with E-state index in [1.54, 1.807) is 12.4 Å². The summed E-state index contributed by atoms with van der Waals surface area (Å²) in [6.45, 7) is 5.04. The highest BCUT2D eigenvalue weighted by molar-refractivity contribution is 5.89. The van der Waals surface area contributed by atoms with Crippen molar-refractivity contribution in [3.05, 3.63) is 65.0 Å². The number of benzene rings is 2. The quantitative estimate of drug-likeness (QED) is 0.797. The molecule has 0 bridgehead atoms. The van der Waals surface area contributed by atoms with Crippen molar-refractivity contribution >= 4 is 16.7 Å². The number of aromatic nitrogens is 2. The molecule has 0 fully saturated rings. The summed E-state index contributed by atoms with van der Waals surface area (Å²) in [6, 6.07) is 14.2. The van der Waals surface area contributed by atoms with Crippen LogP contribution in [0.1, 0.15) is 22.3 Å². The Morgan fingerprint density at radius 3 is 2.70 bits per heavy atom. The zero-order chi connectivity index (χ0) is 16.2. The first-order chi connectivity index (χ1) is 11.2. The van der Waals surface area contributed by atoms with Gasteiger partial charge in [-0.3, -0.25) is 0 Å². The molecule has 3 rings (SSSR count). The number of fused-ring (bicyclic) bond motifs is 1. The lowest BCUT2D eigenvalue weighted by atomic mass is 10.0. The molecule has 0 atom stereocenters. The molecular formula is C19H18N4. The lowest BCUT2D eigenvalue weighted by Crippen LogP contribution is -2.07. The Kier molecular flexibility index (Phi) is 4.20. The van der Waals surface area contributed by atoms with Crippen molar-refractivity contribution in [2.24, 2.45) is 0 Å². The molecule has 4 heteroatoms. The summed E-state index contributed by atoms with van der Waals surface area (Å²) in [5.41, 5.74) is 5.38. The van der Waals surface area contributed by atoms with Crippen LogP contribution in [0.3, 0.4) is 0 Å². The maximum Gasteiger partial charge on any atom is 0.137 e. The third-order valence-corrected chi connectivity index (χ3v) is 4.04. The van der Waals surface area contributed by atoms with Crippen molar-refractivity contribution in [3.63, 3.8) is 0 Å². The number of hydrogen-bond donors (Lipinski definition) is 1. The number of anilines is 1. The van der Waals surface area contributed by atoms with Crippen LogP contribution in [-0.2, 0) is 6.42 Å². The van der Waals surface area contributed by atoms with Gasteiger partial charge in [-0.1, -0.05) is 18.2 Å². The minimum absolute atomic E-state index is 0.615. The van der Waals surface area contributed by atoms with Crippen molar-refractivity contribution in [1.82, 2.24) is 9.97 Å². The Morgan fingerprint density at radius 1 is 1.04 bits per heavy atom. The summed E-state index contributed by atoms with van der Waals surface area (Å²) in [7, 11) is 0. The van der Waals surface area contributed by atoms with Gasteiger partial charge < -0.3 is 5.32 Å². The second kappa shape index (κ2) is 6.45. The predicted molar refractivity (Wildman–Crippen MR) is 92.4 cm³/mol. The first kappa shape index (κ1) is 15.0. The molecule has 23 heavy (non-hydrogen) atoms. The van der Waals surface area contributed by atoms with Crippen molar-refractivity contribution in [2.45, 2.75) is 20.3 Å². The van der Waals surface area contributed by atoms with Gasteiger partial charge in [-0.15, -0.1) is 0 Å². The highest BCUT2D eigenvalue weighted by atomic mass is 15.0. The van der Waals surface area contributed by atoms with Gasteiger partial charge in [0.25, 0.3) is 0 Å². The average molecular weight is 302 g/mol. The molecule has 3 aromatic rings. The van der Waals surface area contributed by atoms with Gasteiger partial charge >= 0.3 is 0 Å². The summed E-state index contributed by atoms with van der Waals surface area (Å²) in [5.74, 6) is 0.774. The number of hydrogen-bond acceptors (Lipinski definition) is 4. The summed E-state index contributed by atoms with van der Waals surface area (Å²) in [6.07, 6.45) is 2.47. The van der Waals surface area contributed by atoms with E-state index in [0.29, 0.717) is 5.56 Å². The topological polar surface area (TPSA) is 61.6 Å². The second-order valence-electron chi connectivity index (χ2n) is 5.66. The normalized spacial score (nSPS) is 10.5. The van der Waals surface area contributed by atoms with Gasteiger partial charge in [0.05, 0.1) is 17.1 Å². The fraction of sp³-hybridized carbons (Fsp3) is 0.211. The van der Waals surface area contributed by atoms with Crippen LogP contribution >= 0.6 is 0 Å². The number of rotatable bonds is 4. The van der Waals surface area contributed by atoms with E-state index < -0.39 is 0 Å². The van der Waals surface area contributed by atoms with Crippen LogP contribution in [0.25, 0.3) is 10.9 Å². The van der Waals surface area contributed by atoms with E-state index in [1.165, 1.54) is 16.7 Å². The monoisotopic (exact) mass is 302 g/mol. The Hall–Kier alpha value is -2.93. The molecular weight excluding hydrogens is 284 g/mol. The smallest absolute Gasteiger partial charge is 0.137 e. The molecule has 0 amide bonds. The lowest BCUT2D eigenvalue weighted by molar-refractivity contribution is 1.00. The minimum atomic E-state index is 0.615. The van der Waals surface area contributed by atoms with E-state index in [1.807, 2.05) is 12.1 Å². The van der Waals surface area contributed by atoms with E-state index in [2.05, 4.69) is 53.4 Å². The molecule has 0 aliphatic heterocycles. The molecule has 0 radical (unpaired) electrons. The predicted octanol–water partition coefficient (Wildman–Crippen LogP) is 3.77. The van der Waals surface area contributed by atoms with Crippen LogP contribution < -0.4 is 5.32 Å². The van der Waals surface area contributed by atoms with E-state index in [4.69, 9.17) is 5.26 Å². The fourth-order valence-corrected chi connectivity index (χ4v) is 2.55. The van der Waals surface area contributed by atoms with Crippen LogP contribution in [0.15, 0.2) is 42.7 Å². The van der Waals surface area contributed by atoms with Crippen molar-refractivity contribution in [1.29, 1.82) is 5.26 Å². The van der Waals surface area contributed by atoms with E-state index >= 15 is 0 Å². The summed E-state index contributed by atoms with van der Waals surface area (Å²) in [5, 5.41) is 13.3. The third-order valence-electron chi connectivity index (χ3n) is 4.04. The molecule has 0 saturated carbocycles. The SMILES string of the molecule is Cc1ccc(CCNc2ncnc3ccc(C#N)cc23)cc1C. The molecule has 0 aliphatic rings. The highest BCUT2D eigenvalue weighted by Gasteiger charge is 2.05. The zero-order valence-corrected chi connectivity index (χ0v) is 13.3. The van der Waals surface area contributed by atoms with Crippen LogP contribution in [0, 0.1) is 25.2 Å². The van der Waals surface area contributed by atoms with Gasteiger partial charge in [0, 0.05) is 11.9 Å². The molecule has 4 nitrogen and oxygen atoms in total. The number of nitrogens with one attached hydrogen (secondary N) is 1. The van der Waals surface area contributed by atoms with E-state index in [0.717, 1.165) is 29.7 Å². The van der Waals surface area contributed by atoms with Gasteiger partial charge in [0.15, 0.2) is 0 Å². The molecule has 0 unspecified atom stereocenters. The van der Waals surface area contributed by atoms with Gasteiger partial charge in [0.1, 0.15) is 12.1 Å². The molecule has 1 aromatic heterocycles. The number of aryl methyl sites for hydroxylation is 2. The number of nitriles is 1. The third kappa shape index (κ3) is 3.29. The van der Waals surface area contributed by atoms with Crippen LogP contribution in [0.4, 0.5) is 5.82 Å². The lowest BCUT2D eigenvalue weighted by Gasteiger charge is -2.09. The van der Waals surface area contributed by atoms with Crippen LogP contribution in [0.5, 0.6) is 0 Å². The maximum absolute atomic E-state index is 9.05. The zero-order valence-electron chi connectivity index (χ0n) is 13.3. The van der Waals surface area contributed by atoms with Gasteiger partial charge in [-0.05, 0) is 55.2 Å². The van der Waals surface area contributed by atoms with Crippen molar-refractivity contribution in [3.8, 4) is 6.07 Å². The highest BCUT2D eigenvalue weighted by Crippen LogP contribution is 2.20. The molecule has 1 heterocycles. The Bertz CT molecular complexity index is 894. The van der Waals surface area contributed by atoms with Crippen molar-refractivity contribution < 1.29 is 0 Å². The van der Waals surface area contributed by atoms with E-state index in [-0.39, 0.29) is 0 Å². The standard InChI is InChI=1S/C19H18N4/c1-13-3-4-15(9-14(13)2)7-8-21-19-17-10-16(11-20)5-6-18(17)22-12-23-19/h3-6,9-10,12H,7-8H2,1-2H3,(H,21,22,23). The summed E-state index contributed by atoms with van der Waals surface area (Å²) >= 11 is 0. The molecule has 0 spiro atoms. The molecule has 0 saturated heterocycles. The second-order valence-corrected chi connectivity index (χ2v) is 5.66. The molecule has 114 valence electrons. The van der Waals surface area contributed by atoms with Crippen LogP contribution in [-0.4, -0.2) is 16.5 Å².